The highest BCUT2D eigenvalue weighted by Crippen LogP contribution is 2.43. The number of aromatic nitrogens is 1. The molecule has 176 valence electrons. The van der Waals surface area contributed by atoms with Crippen LogP contribution in [0.3, 0.4) is 0 Å². The second kappa shape index (κ2) is 8.26. The molecule has 0 aliphatic carbocycles. The zero-order chi connectivity index (χ0) is 25.1. The minimum absolute atomic E-state index is 1.02. The van der Waals surface area contributed by atoms with E-state index < -0.39 is 0 Å². The molecule has 0 aliphatic heterocycles. The van der Waals surface area contributed by atoms with Crippen LogP contribution in [0, 0.1) is 0 Å². The van der Waals surface area contributed by atoms with E-state index in [9.17, 15) is 0 Å². The summed E-state index contributed by atoms with van der Waals surface area (Å²) in [7, 11) is 0. The Morgan fingerprint density at radius 2 is 0.921 bits per heavy atom. The number of pyridine rings is 1. The topological polar surface area (TPSA) is 12.9 Å². The van der Waals surface area contributed by atoms with Gasteiger partial charge in [-0.1, -0.05) is 121 Å². The van der Waals surface area contributed by atoms with Crippen LogP contribution in [0.15, 0.2) is 140 Å². The molecular weight excluding hydrogens is 458 g/mol. The molecule has 0 amide bonds. The van der Waals surface area contributed by atoms with Crippen LogP contribution in [0.1, 0.15) is 0 Å². The van der Waals surface area contributed by atoms with Gasteiger partial charge in [0.25, 0.3) is 0 Å². The van der Waals surface area contributed by atoms with Crippen LogP contribution in [0.25, 0.3) is 76.4 Å². The van der Waals surface area contributed by atoms with Gasteiger partial charge >= 0.3 is 0 Å². The Kier molecular flexibility index (Phi) is 4.59. The van der Waals surface area contributed by atoms with Crippen molar-refractivity contribution >= 4 is 54.0 Å². The molecule has 0 aliphatic rings. The van der Waals surface area contributed by atoms with E-state index >= 15 is 0 Å². The third kappa shape index (κ3) is 3.16. The Hall–Kier alpha value is -5.01. The number of rotatable bonds is 2. The van der Waals surface area contributed by atoms with Gasteiger partial charge in [0.1, 0.15) is 0 Å². The fourth-order valence-electron chi connectivity index (χ4n) is 6.05. The lowest BCUT2D eigenvalue weighted by atomic mass is 9.89. The van der Waals surface area contributed by atoms with E-state index in [-0.39, 0.29) is 0 Å². The Balaban J connectivity index is 1.49. The predicted molar refractivity (Wildman–Crippen MR) is 163 cm³/mol. The van der Waals surface area contributed by atoms with Gasteiger partial charge in [0, 0.05) is 21.7 Å². The van der Waals surface area contributed by atoms with Crippen LogP contribution in [0.4, 0.5) is 0 Å². The molecule has 7 aromatic carbocycles. The quantitative estimate of drug-likeness (QED) is 0.224. The molecule has 0 unspecified atom stereocenters. The van der Waals surface area contributed by atoms with Crippen LogP contribution in [0.5, 0.6) is 0 Å². The Morgan fingerprint density at radius 1 is 0.342 bits per heavy atom. The van der Waals surface area contributed by atoms with Crippen molar-refractivity contribution in [1.82, 2.24) is 4.98 Å². The van der Waals surface area contributed by atoms with E-state index in [1.165, 1.54) is 59.6 Å². The maximum Gasteiger partial charge on any atom is 0.0794 e. The van der Waals surface area contributed by atoms with Gasteiger partial charge < -0.3 is 0 Å². The lowest BCUT2D eigenvalue weighted by Crippen LogP contribution is -1.93. The average molecular weight is 482 g/mol. The van der Waals surface area contributed by atoms with E-state index in [0.29, 0.717) is 0 Å². The number of para-hydroxylation sites is 1. The second-order valence-electron chi connectivity index (χ2n) is 9.96. The maximum absolute atomic E-state index is 5.32. The Labute approximate surface area is 220 Å². The Bertz CT molecular complexity index is 2190. The highest BCUT2D eigenvalue weighted by atomic mass is 14.7. The molecule has 8 aromatic rings. The lowest BCUT2D eigenvalue weighted by molar-refractivity contribution is 1.43. The van der Waals surface area contributed by atoms with Crippen molar-refractivity contribution in [2.24, 2.45) is 0 Å². The van der Waals surface area contributed by atoms with E-state index in [4.69, 9.17) is 4.98 Å². The lowest BCUT2D eigenvalue weighted by Gasteiger charge is -2.16. The van der Waals surface area contributed by atoms with Crippen molar-refractivity contribution in [1.29, 1.82) is 0 Å². The summed E-state index contributed by atoms with van der Waals surface area (Å²) in [5.74, 6) is 0. The molecule has 0 N–H and O–H groups in total. The zero-order valence-electron chi connectivity index (χ0n) is 20.7. The Morgan fingerprint density at radius 3 is 1.71 bits per heavy atom. The number of nitrogens with zero attached hydrogens (tertiary/aromatic N) is 1. The first-order valence-corrected chi connectivity index (χ1v) is 13.1. The highest BCUT2D eigenvalue weighted by molar-refractivity contribution is 6.33. The molecule has 0 spiro atoms. The molecule has 8 rings (SSSR count). The molecule has 1 aromatic heterocycles. The summed E-state index contributed by atoms with van der Waals surface area (Å²) < 4.78 is 0. The van der Waals surface area contributed by atoms with Gasteiger partial charge in [-0.3, -0.25) is 0 Å². The summed E-state index contributed by atoms with van der Waals surface area (Å²) in [4.78, 5) is 5.32. The van der Waals surface area contributed by atoms with Gasteiger partial charge in [-0.05, 0) is 61.6 Å². The maximum atomic E-state index is 5.32. The van der Waals surface area contributed by atoms with Crippen LogP contribution < -0.4 is 0 Å². The first kappa shape index (κ1) is 21.1. The fourth-order valence-corrected chi connectivity index (χ4v) is 6.05. The molecule has 1 heterocycles. The third-order valence-electron chi connectivity index (χ3n) is 7.79. The van der Waals surface area contributed by atoms with Crippen molar-refractivity contribution in [3.05, 3.63) is 140 Å². The minimum Gasteiger partial charge on any atom is -0.247 e. The van der Waals surface area contributed by atoms with Gasteiger partial charge in [-0.25, -0.2) is 4.98 Å². The minimum atomic E-state index is 1.02. The average Bonchev–Trinajstić information content (AvgIpc) is 3.00. The second-order valence-corrected chi connectivity index (χ2v) is 9.96. The number of hydrogen-bond acceptors (Lipinski definition) is 1. The summed E-state index contributed by atoms with van der Waals surface area (Å²) in [6.07, 6.45) is 0. The van der Waals surface area contributed by atoms with Crippen molar-refractivity contribution in [3.63, 3.8) is 0 Å². The van der Waals surface area contributed by atoms with E-state index in [1.807, 2.05) is 0 Å². The third-order valence-corrected chi connectivity index (χ3v) is 7.79. The molecule has 1 nitrogen and oxygen atoms in total. The molecule has 0 radical (unpaired) electrons. The number of hydrogen-bond donors (Lipinski definition) is 0. The highest BCUT2D eigenvalue weighted by Gasteiger charge is 2.17. The fraction of sp³-hybridized carbons (Fsp3) is 0. The van der Waals surface area contributed by atoms with Crippen LogP contribution >= 0.6 is 0 Å². The number of benzene rings is 7. The summed E-state index contributed by atoms with van der Waals surface area (Å²) in [5, 5.41) is 11.2. The molecule has 1 heteroatoms. The monoisotopic (exact) mass is 481 g/mol. The van der Waals surface area contributed by atoms with Crippen LogP contribution in [-0.2, 0) is 0 Å². The van der Waals surface area contributed by atoms with Gasteiger partial charge in [0.2, 0.25) is 0 Å². The van der Waals surface area contributed by atoms with Crippen molar-refractivity contribution in [2.75, 3.05) is 0 Å². The van der Waals surface area contributed by atoms with Crippen LogP contribution in [-0.4, -0.2) is 4.98 Å². The smallest absolute Gasteiger partial charge is 0.0794 e. The van der Waals surface area contributed by atoms with E-state index in [2.05, 4.69) is 140 Å². The molecular formula is C37H23N. The van der Waals surface area contributed by atoms with Gasteiger partial charge in [0.15, 0.2) is 0 Å². The summed E-state index contributed by atoms with van der Waals surface area (Å²) in [6, 6.07) is 50.2. The van der Waals surface area contributed by atoms with Crippen molar-refractivity contribution < 1.29 is 0 Å². The first-order valence-electron chi connectivity index (χ1n) is 13.1. The van der Waals surface area contributed by atoms with Gasteiger partial charge in [0.05, 0.1) is 11.2 Å². The first-order chi connectivity index (χ1) is 18.8. The molecule has 0 saturated carbocycles. The molecule has 0 bridgehead atoms. The van der Waals surface area contributed by atoms with Gasteiger partial charge in [-0.2, -0.15) is 0 Å². The summed E-state index contributed by atoms with van der Waals surface area (Å²) >= 11 is 0. The van der Waals surface area contributed by atoms with Crippen molar-refractivity contribution in [3.8, 4) is 22.4 Å². The predicted octanol–water partition coefficient (Wildman–Crippen LogP) is 10.2. The molecule has 0 atom stereocenters. The summed E-state index contributed by atoms with van der Waals surface area (Å²) in [5.41, 5.74) is 5.59. The van der Waals surface area contributed by atoms with Crippen LogP contribution in [0.2, 0.25) is 0 Å². The SMILES string of the molecule is c1cc(-c2ccc3ccccc3c2)cc(-c2nc3ccccc3c3c4ccccc4c4ccccc4c23)c1. The van der Waals surface area contributed by atoms with E-state index in [1.54, 1.807) is 0 Å². The zero-order valence-corrected chi connectivity index (χ0v) is 20.7. The number of fused-ring (bicyclic) bond motifs is 9. The summed E-state index contributed by atoms with van der Waals surface area (Å²) in [6.45, 7) is 0. The van der Waals surface area contributed by atoms with Gasteiger partial charge in [-0.15, -0.1) is 0 Å². The van der Waals surface area contributed by atoms with Crippen molar-refractivity contribution in [2.45, 2.75) is 0 Å². The van der Waals surface area contributed by atoms with E-state index in [0.717, 1.165) is 16.8 Å². The molecule has 0 fully saturated rings. The normalized spacial score (nSPS) is 11.7. The molecule has 38 heavy (non-hydrogen) atoms. The standard InChI is InChI=1S/C37H23N/c1-2-11-25-22-27(21-20-24(25)10-1)26-12-9-13-28(23-26)37-36-32-17-6-4-15-30(32)29-14-3-5-16-31(29)35(36)33-18-7-8-19-34(33)38-37/h1-23H. The molecule has 0 saturated heterocycles. The largest absolute Gasteiger partial charge is 0.247 e.